The second-order valence-electron chi connectivity index (χ2n) is 11.9. The summed E-state index contributed by atoms with van der Waals surface area (Å²) in [6.07, 6.45) is 1.69. The van der Waals surface area contributed by atoms with Crippen LogP contribution in [0.2, 0.25) is 0 Å². The van der Waals surface area contributed by atoms with E-state index in [1.165, 1.54) is 0 Å². The summed E-state index contributed by atoms with van der Waals surface area (Å²) in [5.74, 6) is 0.998. The highest BCUT2D eigenvalue weighted by Gasteiger charge is 2.24. The Morgan fingerprint density at radius 1 is 1.00 bits per heavy atom. The number of hydrogen-bond acceptors (Lipinski definition) is 7. The molecule has 0 fully saturated rings. The summed E-state index contributed by atoms with van der Waals surface area (Å²) in [5, 5.41) is 17.3. The number of imidazole rings is 1. The number of para-hydroxylation sites is 1. The maximum absolute atomic E-state index is 12.9. The molecule has 0 saturated carbocycles. The predicted molar refractivity (Wildman–Crippen MR) is 159 cm³/mol. The summed E-state index contributed by atoms with van der Waals surface area (Å²) in [5.41, 5.74) is 0.528. The third kappa shape index (κ3) is 8.86. The topological polar surface area (TPSA) is 120 Å². The van der Waals surface area contributed by atoms with Crippen molar-refractivity contribution < 1.29 is 24.1 Å². The van der Waals surface area contributed by atoms with Gasteiger partial charge in [0.25, 0.3) is 0 Å². The monoisotopic (exact) mass is 557 g/mol. The number of pyridine rings is 1. The molecule has 3 N–H and O–H groups in total. The number of benzene rings is 1. The normalized spacial score (nSPS) is 12.8. The van der Waals surface area contributed by atoms with Crippen LogP contribution >= 0.6 is 0 Å². The number of ether oxygens (including phenoxy) is 3. The molecule has 0 atom stereocenters. The molecule has 3 aromatic rings. The SMILES string of the molecule is CCOCc1nc2c(NC(=O)NCCOC(C)(C)CCOC(C)(C)CC)nc3ccccc3c2n1CC(C)(C)O. The van der Waals surface area contributed by atoms with Crippen LogP contribution in [0.15, 0.2) is 24.3 Å². The lowest BCUT2D eigenvalue weighted by atomic mass is 10.0. The fourth-order valence-corrected chi connectivity index (χ4v) is 4.22. The molecule has 0 aliphatic heterocycles. The smallest absolute Gasteiger partial charge is 0.320 e. The van der Waals surface area contributed by atoms with Crippen LogP contribution in [-0.4, -0.2) is 68.8 Å². The van der Waals surface area contributed by atoms with Gasteiger partial charge in [-0.1, -0.05) is 25.1 Å². The summed E-state index contributed by atoms with van der Waals surface area (Å²) < 4.78 is 19.6. The summed E-state index contributed by atoms with van der Waals surface area (Å²) >= 11 is 0. The number of hydrogen-bond donors (Lipinski definition) is 3. The third-order valence-electron chi connectivity index (χ3n) is 6.80. The third-order valence-corrected chi connectivity index (χ3v) is 6.80. The van der Waals surface area contributed by atoms with Crippen molar-refractivity contribution in [2.75, 3.05) is 31.7 Å². The lowest BCUT2D eigenvalue weighted by Crippen LogP contribution is -2.35. The summed E-state index contributed by atoms with van der Waals surface area (Å²) in [6, 6.07) is 7.29. The molecule has 10 heteroatoms. The van der Waals surface area contributed by atoms with E-state index in [-0.39, 0.29) is 17.8 Å². The zero-order valence-electron chi connectivity index (χ0n) is 25.4. The number of rotatable bonds is 15. The lowest BCUT2D eigenvalue weighted by molar-refractivity contribution is -0.0717. The molecule has 2 aromatic heterocycles. The minimum absolute atomic E-state index is 0.147. The van der Waals surface area contributed by atoms with Gasteiger partial charge in [-0.3, -0.25) is 5.32 Å². The molecule has 0 spiro atoms. The van der Waals surface area contributed by atoms with Crippen molar-refractivity contribution in [3.05, 3.63) is 30.1 Å². The molecule has 0 aliphatic carbocycles. The van der Waals surface area contributed by atoms with Gasteiger partial charge >= 0.3 is 6.03 Å². The minimum atomic E-state index is -0.990. The van der Waals surface area contributed by atoms with Crippen molar-refractivity contribution >= 4 is 33.8 Å². The molecule has 3 rings (SSSR count). The Hall–Kier alpha value is -2.79. The van der Waals surface area contributed by atoms with Gasteiger partial charge in [-0.05, 0) is 67.4 Å². The van der Waals surface area contributed by atoms with Crippen LogP contribution in [0.1, 0.15) is 74.1 Å². The first-order valence-electron chi connectivity index (χ1n) is 14.2. The number of carbonyl (C=O) groups excluding carboxylic acids is 1. The molecular weight excluding hydrogens is 510 g/mol. The molecule has 222 valence electrons. The molecule has 0 bridgehead atoms. The Balaban J connectivity index is 1.73. The number of aromatic nitrogens is 3. The van der Waals surface area contributed by atoms with Crippen LogP contribution < -0.4 is 10.6 Å². The zero-order chi connectivity index (χ0) is 29.6. The van der Waals surface area contributed by atoms with E-state index in [4.69, 9.17) is 24.2 Å². The second kappa shape index (κ2) is 13.2. The molecule has 1 aromatic carbocycles. The van der Waals surface area contributed by atoms with Gasteiger partial charge in [0, 0.05) is 18.5 Å². The van der Waals surface area contributed by atoms with Crippen LogP contribution in [0.3, 0.4) is 0 Å². The summed E-state index contributed by atoms with van der Waals surface area (Å²) in [6.45, 7) is 18.1. The minimum Gasteiger partial charge on any atom is -0.389 e. The van der Waals surface area contributed by atoms with Crippen molar-refractivity contribution in [1.29, 1.82) is 0 Å². The van der Waals surface area contributed by atoms with Crippen LogP contribution in [0.4, 0.5) is 10.6 Å². The average Bonchev–Trinajstić information content (AvgIpc) is 3.22. The molecule has 2 heterocycles. The standard InChI is InChI=1S/C30H47N5O5/c1-9-29(5,6)39-17-15-30(7,8)40-18-16-31-27(36)34-26-24-25(21-13-11-12-14-22(21)32-26)35(20-28(3,4)37)23(33-24)19-38-10-2/h11-14,37H,9-10,15-20H2,1-8H3,(H2,31,32,34,36). The highest BCUT2D eigenvalue weighted by atomic mass is 16.5. The molecular formula is C30H47N5O5. The van der Waals surface area contributed by atoms with Gasteiger partial charge in [0.15, 0.2) is 5.82 Å². The van der Waals surface area contributed by atoms with Crippen molar-refractivity contribution in [2.24, 2.45) is 0 Å². The van der Waals surface area contributed by atoms with Crippen LogP contribution in [-0.2, 0) is 27.4 Å². The van der Waals surface area contributed by atoms with Crippen LogP contribution in [0.5, 0.6) is 0 Å². The van der Waals surface area contributed by atoms with Gasteiger partial charge in [-0.15, -0.1) is 0 Å². The number of urea groups is 1. The summed E-state index contributed by atoms with van der Waals surface area (Å²) in [7, 11) is 0. The molecule has 0 radical (unpaired) electrons. The summed E-state index contributed by atoms with van der Waals surface area (Å²) in [4.78, 5) is 22.4. The van der Waals surface area contributed by atoms with E-state index < -0.39 is 11.6 Å². The van der Waals surface area contributed by atoms with Crippen LogP contribution in [0, 0.1) is 0 Å². The Morgan fingerprint density at radius 3 is 2.38 bits per heavy atom. The highest BCUT2D eigenvalue weighted by Crippen LogP contribution is 2.31. The molecule has 2 amide bonds. The van der Waals surface area contributed by atoms with Gasteiger partial charge in [0.05, 0.1) is 47.6 Å². The number of anilines is 1. The molecule has 10 nitrogen and oxygen atoms in total. The first kappa shape index (κ1) is 31.7. The average molecular weight is 558 g/mol. The fourth-order valence-electron chi connectivity index (χ4n) is 4.22. The van der Waals surface area contributed by atoms with Gasteiger partial charge < -0.3 is 29.2 Å². The highest BCUT2D eigenvalue weighted by molar-refractivity contribution is 6.09. The second-order valence-corrected chi connectivity index (χ2v) is 11.9. The number of fused-ring (bicyclic) bond motifs is 3. The van der Waals surface area contributed by atoms with Crippen molar-refractivity contribution in [2.45, 2.75) is 98.2 Å². The predicted octanol–water partition coefficient (Wildman–Crippen LogP) is 5.40. The number of aliphatic hydroxyl groups is 1. The van der Waals surface area contributed by atoms with Crippen molar-refractivity contribution in [3.8, 4) is 0 Å². The van der Waals surface area contributed by atoms with E-state index in [2.05, 4.69) is 31.4 Å². The quantitative estimate of drug-likeness (QED) is 0.214. The number of nitrogens with zero attached hydrogens (tertiary/aromatic N) is 3. The number of amides is 2. The van der Waals surface area contributed by atoms with Crippen molar-refractivity contribution in [1.82, 2.24) is 19.9 Å². The van der Waals surface area contributed by atoms with E-state index in [0.29, 0.717) is 55.6 Å². The first-order valence-corrected chi connectivity index (χ1v) is 14.2. The van der Waals surface area contributed by atoms with Gasteiger partial charge in [0.1, 0.15) is 17.9 Å². The Kier molecular flexibility index (Phi) is 10.5. The number of carbonyl (C=O) groups is 1. The molecule has 0 unspecified atom stereocenters. The first-order chi connectivity index (χ1) is 18.8. The molecule has 0 saturated heterocycles. The van der Waals surface area contributed by atoms with Gasteiger partial charge in [0.2, 0.25) is 0 Å². The van der Waals surface area contributed by atoms with Gasteiger partial charge in [-0.2, -0.15) is 0 Å². The van der Waals surface area contributed by atoms with E-state index in [9.17, 15) is 9.90 Å². The lowest BCUT2D eigenvalue weighted by Gasteiger charge is -2.29. The maximum atomic E-state index is 12.9. The Morgan fingerprint density at radius 2 is 1.70 bits per heavy atom. The Bertz CT molecular complexity index is 1280. The maximum Gasteiger partial charge on any atom is 0.320 e. The van der Waals surface area contributed by atoms with E-state index in [1.54, 1.807) is 13.8 Å². The largest absolute Gasteiger partial charge is 0.389 e. The number of nitrogens with one attached hydrogen (secondary N) is 2. The van der Waals surface area contributed by atoms with E-state index >= 15 is 0 Å². The van der Waals surface area contributed by atoms with Gasteiger partial charge in [-0.25, -0.2) is 14.8 Å². The molecule has 0 aliphatic rings. The Labute approximate surface area is 237 Å². The van der Waals surface area contributed by atoms with E-state index in [0.717, 1.165) is 23.7 Å². The fraction of sp³-hybridized carbons (Fsp3) is 0.633. The zero-order valence-corrected chi connectivity index (χ0v) is 25.4. The van der Waals surface area contributed by atoms with Crippen LogP contribution in [0.25, 0.3) is 21.9 Å². The molecule has 40 heavy (non-hydrogen) atoms. The van der Waals surface area contributed by atoms with Crippen molar-refractivity contribution in [3.63, 3.8) is 0 Å². The van der Waals surface area contributed by atoms with E-state index in [1.807, 2.05) is 49.6 Å².